The number of nitrogens with one attached hydrogen (secondary N) is 1. The molecule has 1 unspecified atom stereocenters. The highest BCUT2D eigenvalue weighted by Crippen LogP contribution is 2.31. The molecule has 0 amide bonds. The molecule has 3 heteroatoms. The molecule has 1 N–H and O–H groups in total. The smallest absolute Gasteiger partial charge is 0.127 e. The molecule has 3 nitrogen and oxygen atoms in total. The van der Waals surface area contributed by atoms with Crippen LogP contribution in [0.15, 0.2) is 48.7 Å². The van der Waals surface area contributed by atoms with E-state index in [2.05, 4.69) is 64.6 Å². The minimum atomic E-state index is 0.645. The van der Waals surface area contributed by atoms with Gasteiger partial charge in [0.05, 0.1) is 0 Å². The molecule has 1 aliphatic heterocycles. The van der Waals surface area contributed by atoms with Crippen LogP contribution in [0.2, 0.25) is 0 Å². The quantitative estimate of drug-likeness (QED) is 0.901. The number of rotatable bonds is 5. The van der Waals surface area contributed by atoms with Crippen molar-refractivity contribution >= 4 is 11.5 Å². The van der Waals surface area contributed by atoms with E-state index in [1.54, 1.807) is 0 Å². The molecule has 2 heterocycles. The van der Waals surface area contributed by atoms with Gasteiger partial charge in [0.25, 0.3) is 0 Å². The maximum Gasteiger partial charge on any atom is 0.127 e. The van der Waals surface area contributed by atoms with Crippen molar-refractivity contribution in [1.82, 2.24) is 4.98 Å². The van der Waals surface area contributed by atoms with Crippen molar-refractivity contribution in [3.63, 3.8) is 0 Å². The van der Waals surface area contributed by atoms with Crippen molar-refractivity contribution in [1.29, 1.82) is 0 Å². The van der Waals surface area contributed by atoms with Crippen molar-refractivity contribution in [2.24, 2.45) is 0 Å². The summed E-state index contributed by atoms with van der Waals surface area (Å²) < 4.78 is 0. The van der Waals surface area contributed by atoms with Gasteiger partial charge in [-0.3, -0.25) is 0 Å². The molecule has 0 spiro atoms. The topological polar surface area (TPSA) is 28.2 Å². The van der Waals surface area contributed by atoms with E-state index in [-0.39, 0.29) is 0 Å². The van der Waals surface area contributed by atoms with Crippen molar-refractivity contribution < 1.29 is 0 Å². The fraction of sp³-hybridized carbons (Fsp3) is 0.389. The second-order valence-corrected chi connectivity index (χ2v) is 5.67. The third kappa shape index (κ3) is 3.35. The number of aromatic nitrogens is 1. The molecule has 1 aromatic carbocycles. The maximum atomic E-state index is 4.39. The van der Waals surface area contributed by atoms with E-state index in [1.807, 2.05) is 6.20 Å². The summed E-state index contributed by atoms with van der Waals surface area (Å²) in [6.07, 6.45) is 4.25. The molecule has 0 bridgehead atoms. The van der Waals surface area contributed by atoms with Crippen LogP contribution in [0.5, 0.6) is 0 Å². The van der Waals surface area contributed by atoms with E-state index in [1.165, 1.54) is 17.7 Å². The van der Waals surface area contributed by atoms with Crippen LogP contribution >= 0.6 is 0 Å². The van der Waals surface area contributed by atoms with Gasteiger partial charge in [-0.1, -0.05) is 37.3 Å². The molecule has 1 saturated heterocycles. The maximum absolute atomic E-state index is 4.39. The van der Waals surface area contributed by atoms with Crippen molar-refractivity contribution in [2.75, 3.05) is 29.9 Å². The predicted octanol–water partition coefficient (Wildman–Crippen LogP) is 3.90. The van der Waals surface area contributed by atoms with Crippen LogP contribution < -0.4 is 10.2 Å². The van der Waals surface area contributed by atoms with E-state index in [9.17, 15) is 0 Å². The van der Waals surface area contributed by atoms with Crippen LogP contribution in [-0.4, -0.2) is 24.6 Å². The summed E-state index contributed by atoms with van der Waals surface area (Å²) in [6.45, 7) is 5.36. The molecule has 0 radical (unpaired) electrons. The molecule has 21 heavy (non-hydrogen) atoms. The zero-order valence-corrected chi connectivity index (χ0v) is 12.6. The first-order valence-electron chi connectivity index (χ1n) is 7.86. The summed E-state index contributed by atoms with van der Waals surface area (Å²) in [5.74, 6) is 1.63. The van der Waals surface area contributed by atoms with Gasteiger partial charge in [-0.2, -0.15) is 0 Å². The lowest BCUT2D eigenvalue weighted by Crippen LogP contribution is -2.19. The molecular formula is C18H23N3. The highest BCUT2D eigenvalue weighted by molar-refractivity contribution is 5.55. The minimum Gasteiger partial charge on any atom is -0.371 e. The molecule has 1 aliphatic rings. The van der Waals surface area contributed by atoms with Crippen LogP contribution in [-0.2, 0) is 0 Å². The average Bonchev–Trinajstić information content (AvgIpc) is 3.04. The molecule has 0 aliphatic carbocycles. The lowest BCUT2D eigenvalue weighted by atomic mass is 9.99. The summed E-state index contributed by atoms with van der Waals surface area (Å²) >= 11 is 0. The Kier molecular flexibility index (Phi) is 4.39. The summed E-state index contributed by atoms with van der Waals surface area (Å²) in [5.41, 5.74) is 2.74. The van der Waals surface area contributed by atoms with Crippen molar-refractivity contribution in [3.8, 4) is 0 Å². The van der Waals surface area contributed by atoms with Gasteiger partial charge in [0.15, 0.2) is 0 Å². The van der Waals surface area contributed by atoms with E-state index in [0.29, 0.717) is 5.92 Å². The summed E-state index contributed by atoms with van der Waals surface area (Å²) in [5, 5.41) is 3.36. The normalized spacial score (nSPS) is 18.0. The number of benzene rings is 1. The monoisotopic (exact) mass is 281 g/mol. The number of hydrogen-bond acceptors (Lipinski definition) is 3. The Labute approximate surface area is 127 Å². The van der Waals surface area contributed by atoms with Crippen LogP contribution in [0.3, 0.4) is 0 Å². The van der Waals surface area contributed by atoms with E-state index in [0.717, 1.165) is 31.9 Å². The van der Waals surface area contributed by atoms with Gasteiger partial charge in [-0.25, -0.2) is 4.98 Å². The Morgan fingerprint density at radius 2 is 2.10 bits per heavy atom. The highest BCUT2D eigenvalue weighted by Gasteiger charge is 2.24. The Morgan fingerprint density at radius 1 is 1.24 bits per heavy atom. The fourth-order valence-corrected chi connectivity index (χ4v) is 2.96. The summed E-state index contributed by atoms with van der Waals surface area (Å²) in [4.78, 5) is 6.86. The molecule has 110 valence electrons. The van der Waals surface area contributed by atoms with Crippen LogP contribution in [0.25, 0.3) is 0 Å². The molecule has 3 rings (SSSR count). The van der Waals surface area contributed by atoms with Gasteiger partial charge in [-0.15, -0.1) is 0 Å². The van der Waals surface area contributed by atoms with Gasteiger partial charge in [-0.05, 0) is 24.5 Å². The SMILES string of the molecule is CCCNc1cc(N2CCC(c3ccccc3)C2)ccn1. The van der Waals surface area contributed by atoms with Gasteiger partial charge in [0, 0.05) is 43.5 Å². The lowest BCUT2D eigenvalue weighted by Gasteiger charge is -2.19. The molecule has 2 aromatic rings. The van der Waals surface area contributed by atoms with Gasteiger partial charge in [0.1, 0.15) is 5.82 Å². The molecular weight excluding hydrogens is 258 g/mol. The Balaban J connectivity index is 1.68. The van der Waals surface area contributed by atoms with E-state index >= 15 is 0 Å². The van der Waals surface area contributed by atoms with Crippen molar-refractivity contribution in [3.05, 3.63) is 54.2 Å². The van der Waals surface area contributed by atoms with E-state index < -0.39 is 0 Å². The standard InChI is InChI=1S/C18H23N3/c1-2-10-19-18-13-17(8-11-20-18)21-12-9-16(14-21)15-6-4-3-5-7-15/h3-8,11,13,16H,2,9-10,12,14H2,1H3,(H,19,20). The second kappa shape index (κ2) is 6.61. The zero-order valence-electron chi connectivity index (χ0n) is 12.6. The highest BCUT2D eigenvalue weighted by atomic mass is 15.2. The van der Waals surface area contributed by atoms with Crippen LogP contribution in [0.1, 0.15) is 31.2 Å². The number of nitrogens with zero attached hydrogens (tertiary/aromatic N) is 2. The number of hydrogen-bond donors (Lipinski definition) is 1. The lowest BCUT2D eigenvalue weighted by molar-refractivity contribution is 0.775. The average molecular weight is 281 g/mol. The predicted molar refractivity (Wildman–Crippen MR) is 89.0 cm³/mol. The molecule has 1 fully saturated rings. The summed E-state index contributed by atoms with van der Waals surface area (Å²) in [7, 11) is 0. The molecule has 1 atom stereocenters. The Hall–Kier alpha value is -2.03. The second-order valence-electron chi connectivity index (χ2n) is 5.67. The number of pyridine rings is 1. The Bertz CT molecular complexity index is 568. The van der Waals surface area contributed by atoms with Crippen LogP contribution in [0, 0.1) is 0 Å². The van der Waals surface area contributed by atoms with Crippen LogP contribution in [0.4, 0.5) is 11.5 Å². The third-order valence-electron chi connectivity index (χ3n) is 4.12. The first-order chi connectivity index (χ1) is 10.4. The van der Waals surface area contributed by atoms with Gasteiger partial charge < -0.3 is 10.2 Å². The number of anilines is 2. The first-order valence-corrected chi connectivity index (χ1v) is 7.86. The van der Waals surface area contributed by atoms with Crippen molar-refractivity contribution in [2.45, 2.75) is 25.7 Å². The molecule has 1 aromatic heterocycles. The minimum absolute atomic E-state index is 0.645. The zero-order chi connectivity index (χ0) is 14.5. The van der Waals surface area contributed by atoms with Gasteiger partial charge >= 0.3 is 0 Å². The summed E-state index contributed by atoms with van der Waals surface area (Å²) in [6, 6.07) is 15.1. The van der Waals surface area contributed by atoms with E-state index in [4.69, 9.17) is 0 Å². The molecule has 0 saturated carbocycles. The largest absolute Gasteiger partial charge is 0.371 e. The Morgan fingerprint density at radius 3 is 2.90 bits per heavy atom. The first kappa shape index (κ1) is 13.9. The van der Waals surface area contributed by atoms with Gasteiger partial charge in [0.2, 0.25) is 0 Å². The fourth-order valence-electron chi connectivity index (χ4n) is 2.96. The third-order valence-corrected chi connectivity index (χ3v) is 4.12.